The van der Waals surface area contributed by atoms with Gasteiger partial charge in [0.05, 0.1) is 17.9 Å². The van der Waals surface area contributed by atoms with Crippen molar-refractivity contribution in [2.45, 2.75) is 38.9 Å². The Labute approximate surface area is 202 Å². The van der Waals surface area contributed by atoms with Gasteiger partial charge < -0.3 is 20.1 Å². The molecule has 5 rings (SSSR count). The summed E-state index contributed by atoms with van der Waals surface area (Å²) in [7, 11) is 3.32. The van der Waals surface area contributed by atoms with Gasteiger partial charge in [0.2, 0.25) is 11.9 Å². The summed E-state index contributed by atoms with van der Waals surface area (Å²) in [6, 6.07) is 7.43. The van der Waals surface area contributed by atoms with Crippen LogP contribution in [0.2, 0.25) is 0 Å². The van der Waals surface area contributed by atoms with E-state index in [1.807, 2.05) is 35.8 Å². The van der Waals surface area contributed by atoms with Gasteiger partial charge in [-0.25, -0.2) is 4.79 Å². The van der Waals surface area contributed by atoms with Gasteiger partial charge in [-0.2, -0.15) is 4.98 Å². The fourth-order valence-corrected chi connectivity index (χ4v) is 5.02. The van der Waals surface area contributed by atoms with Crippen molar-refractivity contribution in [1.82, 2.24) is 18.7 Å². The molecular formula is C24H30N8O3. The number of nitrogens with zero attached hydrogens (tertiary/aromatic N) is 7. The zero-order valence-corrected chi connectivity index (χ0v) is 20.3. The number of carbonyl (C=O) groups excluding carboxylic acids is 1. The molecule has 1 unspecified atom stereocenters. The first-order valence-electron chi connectivity index (χ1n) is 11.9. The molecule has 2 N–H and O–H groups in total. The van der Waals surface area contributed by atoms with Crippen LogP contribution in [-0.2, 0) is 24.9 Å². The largest absolute Gasteiger partial charge is 0.341 e. The van der Waals surface area contributed by atoms with Crippen LogP contribution in [-0.4, -0.2) is 63.0 Å². The maximum Gasteiger partial charge on any atom is 0.332 e. The van der Waals surface area contributed by atoms with Gasteiger partial charge in [0.1, 0.15) is 6.54 Å². The Hall–Kier alpha value is -3.73. The molecule has 11 nitrogen and oxygen atoms in total. The first-order valence-corrected chi connectivity index (χ1v) is 11.9. The van der Waals surface area contributed by atoms with E-state index in [9.17, 15) is 14.4 Å². The van der Waals surface area contributed by atoms with E-state index in [2.05, 4.69) is 9.89 Å². The van der Waals surface area contributed by atoms with Crippen molar-refractivity contribution in [3.8, 4) is 0 Å². The van der Waals surface area contributed by atoms with Crippen molar-refractivity contribution in [1.29, 1.82) is 0 Å². The van der Waals surface area contributed by atoms with E-state index >= 15 is 0 Å². The molecule has 1 fully saturated rings. The minimum absolute atomic E-state index is 0.0433. The van der Waals surface area contributed by atoms with Gasteiger partial charge >= 0.3 is 5.69 Å². The van der Waals surface area contributed by atoms with Crippen LogP contribution in [0.25, 0.3) is 11.2 Å². The number of imidazole rings is 1. The third-order valence-electron chi connectivity index (χ3n) is 6.93. The fraction of sp³-hybridized carbons (Fsp3) is 0.458. The molecule has 1 amide bonds. The van der Waals surface area contributed by atoms with Gasteiger partial charge in [0.15, 0.2) is 11.2 Å². The Bertz CT molecular complexity index is 1460. The van der Waals surface area contributed by atoms with Crippen LogP contribution in [0.1, 0.15) is 25.3 Å². The van der Waals surface area contributed by atoms with Crippen molar-refractivity contribution in [2.75, 3.05) is 36.5 Å². The molecular weight excluding hydrogens is 448 g/mol. The lowest BCUT2D eigenvalue weighted by molar-refractivity contribution is -0.116. The highest BCUT2D eigenvalue weighted by Gasteiger charge is 2.27. The maximum atomic E-state index is 13.8. The Kier molecular flexibility index (Phi) is 5.79. The number of aliphatic imine (C=N–C) groups is 1. The number of benzene rings is 1. The molecule has 184 valence electrons. The van der Waals surface area contributed by atoms with E-state index in [0.29, 0.717) is 41.6 Å². The van der Waals surface area contributed by atoms with Gasteiger partial charge in [0, 0.05) is 45.3 Å². The summed E-state index contributed by atoms with van der Waals surface area (Å²) in [6.07, 6.45) is 1.90. The molecule has 0 bridgehead atoms. The molecule has 35 heavy (non-hydrogen) atoms. The van der Waals surface area contributed by atoms with Crippen LogP contribution in [0, 0.1) is 0 Å². The second-order valence-electron chi connectivity index (χ2n) is 9.14. The molecule has 11 heteroatoms. The van der Waals surface area contributed by atoms with E-state index in [1.54, 1.807) is 19.0 Å². The second kappa shape index (κ2) is 8.81. The molecule has 1 aromatic carbocycles. The Morgan fingerprint density at radius 1 is 1.11 bits per heavy atom. The number of fused-ring (bicyclic) bond motifs is 2. The van der Waals surface area contributed by atoms with Gasteiger partial charge in [-0.3, -0.25) is 23.7 Å². The summed E-state index contributed by atoms with van der Waals surface area (Å²) in [6.45, 7) is 3.84. The minimum Gasteiger partial charge on any atom is -0.341 e. The predicted molar refractivity (Wildman–Crippen MR) is 136 cm³/mol. The summed E-state index contributed by atoms with van der Waals surface area (Å²) >= 11 is 0. The number of anilines is 2. The van der Waals surface area contributed by atoms with Crippen molar-refractivity contribution in [3.63, 3.8) is 0 Å². The van der Waals surface area contributed by atoms with Crippen molar-refractivity contribution >= 4 is 34.4 Å². The number of hydrogen-bond acceptors (Lipinski definition) is 7. The molecule has 2 aliphatic heterocycles. The lowest BCUT2D eigenvalue weighted by Gasteiger charge is -2.31. The summed E-state index contributed by atoms with van der Waals surface area (Å²) in [5.41, 5.74) is 7.95. The van der Waals surface area contributed by atoms with E-state index in [4.69, 9.17) is 10.7 Å². The third kappa shape index (κ3) is 3.75. The number of aryl methyl sites for hydroxylation is 2. The molecule has 0 aliphatic carbocycles. The maximum absolute atomic E-state index is 13.8. The topological polar surface area (TPSA) is 124 Å². The molecule has 0 saturated carbocycles. The molecule has 2 aliphatic rings. The summed E-state index contributed by atoms with van der Waals surface area (Å²) in [4.78, 5) is 52.4. The molecule has 0 radical (unpaired) electrons. The van der Waals surface area contributed by atoms with Crippen LogP contribution < -0.4 is 26.8 Å². The van der Waals surface area contributed by atoms with Crippen LogP contribution in [0.15, 0.2) is 38.8 Å². The number of para-hydroxylation sites is 1. The first kappa shape index (κ1) is 23.0. The fourth-order valence-electron chi connectivity index (χ4n) is 5.02. The van der Waals surface area contributed by atoms with E-state index in [-0.39, 0.29) is 25.0 Å². The monoisotopic (exact) mass is 478 g/mol. The van der Waals surface area contributed by atoms with Crippen LogP contribution in [0.3, 0.4) is 0 Å². The van der Waals surface area contributed by atoms with E-state index in [1.165, 1.54) is 9.13 Å². The van der Waals surface area contributed by atoms with Gasteiger partial charge in [-0.15, -0.1) is 0 Å². The molecule has 4 heterocycles. The van der Waals surface area contributed by atoms with Crippen molar-refractivity contribution in [3.05, 3.63) is 50.7 Å². The van der Waals surface area contributed by atoms with Crippen LogP contribution in [0.4, 0.5) is 11.6 Å². The van der Waals surface area contributed by atoms with Crippen molar-refractivity contribution in [2.24, 2.45) is 17.8 Å². The van der Waals surface area contributed by atoms with E-state index in [0.717, 1.165) is 24.9 Å². The molecule has 1 atom stereocenters. The number of benzodiazepines with no additional fused rings is 1. The van der Waals surface area contributed by atoms with Gasteiger partial charge in [0.25, 0.3) is 5.56 Å². The molecule has 3 aromatic rings. The highest BCUT2D eigenvalue weighted by atomic mass is 16.2. The quantitative estimate of drug-likeness (QED) is 0.576. The Morgan fingerprint density at radius 3 is 2.63 bits per heavy atom. The number of aromatic nitrogens is 4. The third-order valence-corrected chi connectivity index (χ3v) is 6.93. The zero-order chi connectivity index (χ0) is 24.9. The Balaban J connectivity index is 1.66. The average Bonchev–Trinajstić information content (AvgIpc) is 3.21. The lowest BCUT2D eigenvalue weighted by Crippen LogP contribution is -2.44. The Morgan fingerprint density at radius 2 is 1.89 bits per heavy atom. The SMILES string of the molecule is CCn1c(N2CCCC(N)C2)nc2c1c(=O)n(CC1=NCC(=O)N(C)c3ccccc31)c(=O)n2C. The van der Waals surface area contributed by atoms with Crippen LogP contribution >= 0.6 is 0 Å². The number of likely N-dealkylation sites (N-methyl/N-ethyl adjacent to an activating group) is 1. The highest BCUT2D eigenvalue weighted by Crippen LogP contribution is 2.24. The predicted octanol–water partition coefficient (Wildman–Crippen LogP) is 0.310. The van der Waals surface area contributed by atoms with E-state index < -0.39 is 11.2 Å². The number of hydrogen-bond donors (Lipinski definition) is 1. The van der Waals surface area contributed by atoms with Crippen molar-refractivity contribution < 1.29 is 4.79 Å². The highest BCUT2D eigenvalue weighted by molar-refractivity contribution is 6.11. The second-order valence-corrected chi connectivity index (χ2v) is 9.14. The minimum atomic E-state index is -0.478. The number of carbonyl (C=O) groups is 1. The first-order chi connectivity index (χ1) is 16.8. The summed E-state index contributed by atoms with van der Waals surface area (Å²) in [5.74, 6) is 0.503. The average molecular weight is 479 g/mol. The zero-order valence-electron chi connectivity index (χ0n) is 20.3. The number of nitrogens with two attached hydrogens (primary N) is 1. The molecule has 1 saturated heterocycles. The number of rotatable bonds is 4. The number of piperidine rings is 1. The normalized spacial score (nSPS) is 18.6. The summed E-state index contributed by atoms with van der Waals surface area (Å²) in [5, 5.41) is 0. The lowest BCUT2D eigenvalue weighted by atomic mass is 10.1. The van der Waals surface area contributed by atoms with Gasteiger partial charge in [-0.1, -0.05) is 18.2 Å². The molecule has 2 aromatic heterocycles. The standard InChI is InChI=1S/C24H30N8O3/c1-4-31-20-21(27-23(31)30-11-7-8-15(25)13-30)29(3)24(35)32(22(20)34)14-17-16-9-5-6-10-18(16)28(2)19(33)12-26-17/h5-6,9-10,15H,4,7-8,11-14,25H2,1-3H3. The summed E-state index contributed by atoms with van der Waals surface area (Å²) < 4.78 is 4.47. The molecule has 0 spiro atoms. The van der Waals surface area contributed by atoms with Gasteiger partial charge in [-0.05, 0) is 25.8 Å². The van der Waals surface area contributed by atoms with Crippen LogP contribution in [0.5, 0.6) is 0 Å². The number of amides is 1. The smallest absolute Gasteiger partial charge is 0.332 e.